The van der Waals surface area contributed by atoms with Gasteiger partial charge in [0.1, 0.15) is 6.61 Å². The normalized spacial score (nSPS) is 24.0. The molecule has 0 saturated heterocycles. The predicted octanol–water partition coefficient (Wildman–Crippen LogP) is 2.26. The second-order valence-corrected chi connectivity index (χ2v) is 3.16. The maximum atomic E-state index is 5.06. The van der Waals surface area contributed by atoms with E-state index in [9.17, 15) is 0 Å². The molecule has 2 rings (SSSR count). The van der Waals surface area contributed by atoms with Crippen molar-refractivity contribution in [3.63, 3.8) is 0 Å². The summed E-state index contributed by atoms with van der Waals surface area (Å²) in [6.45, 7) is 0.718. The lowest BCUT2D eigenvalue weighted by Gasteiger charge is -2.14. The van der Waals surface area contributed by atoms with Crippen molar-refractivity contribution in [1.82, 2.24) is 0 Å². The first-order chi connectivity index (χ1) is 5.47. The van der Waals surface area contributed by atoms with Crippen LogP contribution in [-0.4, -0.2) is 13.0 Å². The molecule has 2 heteroatoms. The summed E-state index contributed by atoms with van der Waals surface area (Å²) < 4.78 is 5.06. The number of allylic oxidation sites excluding steroid dienone is 1. The average molecular weight is 151 g/mol. The van der Waals surface area contributed by atoms with Gasteiger partial charge in [0.2, 0.25) is 0 Å². The summed E-state index contributed by atoms with van der Waals surface area (Å²) in [5, 5.41) is 0. The molecule has 0 unspecified atom stereocenters. The second kappa shape index (κ2) is 3.07. The molecule has 0 spiro atoms. The fourth-order valence-corrected chi connectivity index (χ4v) is 1.71. The molecule has 1 fully saturated rings. The van der Waals surface area contributed by atoms with Crippen LogP contribution in [0.25, 0.3) is 0 Å². The van der Waals surface area contributed by atoms with Gasteiger partial charge in [-0.2, -0.15) is 0 Å². The van der Waals surface area contributed by atoms with Gasteiger partial charge in [0.15, 0.2) is 6.40 Å². The third-order valence-corrected chi connectivity index (χ3v) is 2.37. The smallest absolute Gasteiger partial charge is 0.174 e. The van der Waals surface area contributed by atoms with Crippen molar-refractivity contribution in [2.75, 3.05) is 6.61 Å². The standard InChI is InChI=1S/C9H13NO/c1-2-4-8(5-3-1)9-6-11-7-10-9/h7H,1-6H2. The van der Waals surface area contributed by atoms with E-state index in [4.69, 9.17) is 4.74 Å². The lowest BCUT2D eigenvalue weighted by atomic mass is 9.93. The highest BCUT2D eigenvalue weighted by molar-refractivity contribution is 5.53. The first-order valence-electron chi connectivity index (χ1n) is 4.32. The largest absolute Gasteiger partial charge is 0.477 e. The number of hydrogen-bond donors (Lipinski definition) is 0. The molecule has 0 amide bonds. The third-order valence-electron chi connectivity index (χ3n) is 2.37. The van der Waals surface area contributed by atoms with Crippen molar-refractivity contribution in [2.45, 2.75) is 32.1 Å². The van der Waals surface area contributed by atoms with E-state index in [0.717, 1.165) is 6.61 Å². The zero-order chi connectivity index (χ0) is 7.52. The van der Waals surface area contributed by atoms with Gasteiger partial charge in [0, 0.05) is 0 Å². The Morgan fingerprint density at radius 2 is 2.00 bits per heavy atom. The number of rotatable bonds is 0. The molecule has 0 aromatic heterocycles. The van der Waals surface area contributed by atoms with Gasteiger partial charge in [0.25, 0.3) is 0 Å². The molecule has 0 radical (unpaired) electrons. The lowest BCUT2D eigenvalue weighted by Crippen LogP contribution is -1.98. The van der Waals surface area contributed by atoms with Crippen molar-refractivity contribution in [1.29, 1.82) is 0 Å². The molecule has 0 aromatic rings. The Balaban J connectivity index is 2.10. The van der Waals surface area contributed by atoms with E-state index in [2.05, 4.69) is 4.99 Å². The maximum Gasteiger partial charge on any atom is 0.174 e. The summed E-state index contributed by atoms with van der Waals surface area (Å²) in [6.07, 6.45) is 8.13. The zero-order valence-electron chi connectivity index (χ0n) is 6.68. The molecular weight excluding hydrogens is 138 g/mol. The molecule has 0 N–H and O–H groups in total. The summed E-state index contributed by atoms with van der Waals surface area (Å²) >= 11 is 0. The molecular formula is C9H13NO. The summed E-state index contributed by atoms with van der Waals surface area (Å²) in [4.78, 5) is 4.19. The van der Waals surface area contributed by atoms with Gasteiger partial charge >= 0.3 is 0 Å². The van der Waals surface area contributed by atoms with Crippen LogP contribution in [0.4, 0.5) is 0 Å². The second-order valence-electron chi connectivity index (χ2n) is 3.16. The molecule has 2 aliphatic rings. The molecule has 0 aromatic carbocycles. The van der Waals surface area contributed by atoms with Gasteiger partial charge in [-0.3, -0.25) is 0 Å². The van der Waals surface area contributed by atoms with Crippen molar-refractivity contribution >= 4 is 6.40 Å². The van der Waals surface area contributed by atoms with Crippen LogP contribution < -0.4 is 0 Å². The van der Waals surface area contributed by atoms with E-state index in [-0.39, 0.29) is 0 Å². The number of ether oxygens (including phenoxy) is 1. The van der Waals surface area contributed by atoms with E-state index >= 15 is 0 Å². The summed E-state index contributed by atoms with van der Waals surface area (Å²) in [7, 11) is 0. The van der Waals surface area contributed by atoms with Crippen molar-refractivity contribution in [3.05, 3.63) is 11.3 Å². The first kappa shape index (κ1) is 6.89. The predicted molar refractivity (Wildman–Crippen MR) is 44.6 cm³/mol. The number of aliphatic imine (C=N–C) groups is 1. The zero-order valence-corrected chi connectivity index (χ0v) is 6.68. The Kier molecular flexibility index (Phi) is 1.93. The molecule has 60 valence electrons. The summed E-state index contributed by atoms with van der Waals surface area (Å²) in [5.74, 6) is 0. The fraction of sp³-hybridized carbons (Fsp3) is 0.667. The lowest BCUT2D eigenvalue weighted by molar-refractivity contribution is 0.375. The molecule has 11 heavy (non-hydrogen) atoms. The van der Waals surface area contributed by atoms with Gasteiger partial charge < -0.3 is 4.74 Å². The van der Waals surface area contributed by atoms with E-state index in [1.54, 1.807) is 6.40 Å². The summed E-state index contributed by atoms with van der Waals surface area (Å²) in [5.41, 5.74) is 2.73. The Morgan fingerprint density at radius 1 is 1.18 bits per heavy atom. The minimum absolute atomic E-state index is 0.718. The topological polar surface area (TPSA) is 21.6 Å². The van der Waals surface area contributed by atoms with Crippen molar-refractivity contribution < 1.29 is 4.74 Å². The van der Waals surface area contributed by atoms with E-state index in [1.807, 2.05) is 0 Å². The molecule has 1 aliphatic carbocycles. The Labute approximate surface area is 67.0 Å². The van der Waals surface area contributed by atoms with E-state index in [1.165, 1.54) is 43.4 Å². The van der Waals surface area contributed by atoms with E-state index in [0.29, 0.717) is 0 Å². The monoisotopic (exact) mass is 151 g/mol. The first-order valence-corrected chi connectivity index (χ1v) is 4.32. The average Bonchev–Trinajstić information content (AvgIpc) is 2.58. The van der Waals surface area contributed by atoms with Gasteiger partial charge in [-0.05, 0) is 31.3 Å². The van der Waals surface area contributed by atoms with Crippen molar-refractivity contribution in [2.24, 2.45) is 4.99 Å². The molecule has 0 atom stereocenters. The highest BCUT2D eigenvalue weighted by Crippen LogP contribution is 2.27. The van der Waals surface area contributed by atoms with Gasteiger partial charge in [0.05, 0.1) is 5.70 Å². The SMILES string of the molecule is C1=NC(=C2CCCCC2)CO1. The number of hydrogen-bond acceptors (Lipinski definition) is 2. The van der Waals surface area contributed by atoms with Crippen LogP contribution in [0.5, 0.6) is 0 Å². The summed E-state index contributed by atoms with van der Waals surface area (Å²) in [6, 6.07) is 0. The van der Waals surface area contributed by atoms with Crippen LogP contribution in [0.3, 0.4) is 0 Å². The van der Waals surface area contributed by atoms with Gasteiger partial charge in [-0.15, -0.1) is 0 Å². The minimum atomic E-state index is 0.718. The number of nitrogens with zero attached hydrogens (tertiary/aromatic N) is 1. The molecule has 1 heterocycles. The third kappa shape index (κ3) is 1.44. The van der Waals surface area contributed by atoms with Crippen molar-refractivity contribution in [3.8, 4) is 0 Å². The molecule has 1 saturated carbocycles. The molecule has 1 aliphatic heterocycles. The van der Waals surface area contributed by atoms with Crippen LogP contribution in [0, 0.1) is 0 Å². The molecule has 0 bridgehead atoms. The Morgan fingerprint density at radius 3 is 2.64 bits per heavy atom. The highest BCUT2D eigenvalue weighted by Gasteiger charge is 2.12. The van der Waals surface area contributed by atoms with Crippen LogP contribution in [-0.2, 0) is 4.74 Å². The van der Waals surface area contributed by atoms with Crippen LogP contribution >= 0.6 is 0 Å². The van der Waals surface area contributed by atoms with Crippen LogP contribution in [0.1, 0.15) is 32.1 Å². The Bertz CT molecular complexity index is 198. The quantitative estimate of drug-likeness (QED) is 0.520. The van der Waals surface area contributed by atoms with Crippen LogP contribution in [0.15, 0.2) is 16.3 Å². The minimum Gasteiger partial charge on any atom is -0.477 e. The Hall–Kier alpha value is -0.790. The highest BCUT2D eigenvalue weighted by atomic mass is 16.5. The van der Waals surface area contributed by atoms with Crippen LogP contribution in [0.2, 0.25) is 0 Å². The molecule has 2 nitrogen and oxygen atoms in total. The van der Waals surface area contributed by atoms with Gasteiger partial charge in [-0.1, -0.05) is 6.42 Å². The maximum absolute atomic E-state index is 5.06. The van der Waals surface area contributed by atoms with Gasteiger partial charge in [-0.25, -0.2) is 4.99 Å². The fourth-order valence-electron chi connectivity index (χ4n) is 1.71. The van der Waals surface area contributed by atoms with E-state index < -0.39 is 0 Å².